The van der Waals surface area contributed by atoms with E-state index in [0.29, 0.717) is 16.9 Å². The summed E-state index contributed by atoms with van der Waals surface area (Å²) in [4.78, 5) is 37.6. The van der Waals surface area contributed by atoms with Crippen molar-refractivity contribution in [3.63, 3.8) is 0 Å². The highest BCUT2D eigenvalue weighted by atomic mass is 16.6. The Bertz CT molecular complexity index is 1020. The molecule has 2 aromatic carbocycles. The van der Waals surface area contributed by atoms with Crippen molar-refractivity contribution in [2.24, 2.45) is 0 Å². The molecule has 3 rings (SSSR count). The Morgan fingerprint density at radius 2 is 1.97 bits per heavy atom. The van der Waals surface area contributed by atoms with Gasteiger partial charge in [0.15, 0.2) is 6.10 Å². The lowest BCUT2D eigenvalue weighted by Gasteiger charge is -2.18. The van der Waals surface area contributed by atoms with Crippen LogP contribution in [-0.4, -0.2) is 36.0 Å². The van der Waals surface area contributed by atoms with Gasteiger partial charge in [0.2, 0.25) is 0 Å². The lowest BCUT2D eigenvalue weighted by molar-refractivity contribution is -0.384. The van der Waals surface area contributed by atoms with Gasteiger partial charge in [0, 0.05) is 24.8 Å². The molecule has 1 heterocycles. The zero-order valence-electron chi connectivity index (χ0n) is 16.3. The Balaban J connectivity index is 1.70. The molecule has 0 unspecified atom stereocenters. The van der Waals surface area contributed by atoms with Crippen molar-refractivity contribution >= 4 is 28.9 Å². The van der Waals surface area contributed by atoms with E-state index in [1.54, 1.807) is 18.2 Å². The molecule has 0 saturated carbocycles. The molecule has 1 atom stereocenters. The van der Waals surface area contributed by atoms with Crippen molar-refractivity contribution in [3.05, 3.63) is 63.7 Å². The summed E-state index contributed by atoms with van der Waals surface area (Å²) >= 11 is 0. The molecular weight excluding hydrogens is 388 g/mol. The third-order valence-electron chi connectivity index (χ3n) is 4.77. The predicted molar refractivity (Wildman–Crippen MR) is 109 cm³/mol. The number of nitrogens with one attached hydrogen (secondary N) is 1. The molecule has 0 aliphatic carbocycles. The van der Waals surface area contributed by atoms with E-state index in [1.807, 2.05) is 11.0 Å². The minimum atomic E-state index is -1.14. The number of hydrogen-bond acceptors (Lipinski definition) is 7. The smallest absolute Gasteiger partial charge is 0.339 e. The van der Waals surface area contributed by atoms with E-state index < -0.39 is 22.9 Å². The molecule has 9 nitrogen and oxygen atoms in total. The fourth-order valence-electron chi connectivity index (χ4n) is 3.21. The Kier molecular flexibility index (Phi) is 6.27. The number of nitrogens with zero attached hydrogens (tertiary/aromatic N) is 3. The van der Waals surface area contributed by atoms with Gasteiger partial charge in [-0.25, -0.2) is 4.79 Å². The summed E-state index contributed by atoms with van der Waals surface area (Å²) in [6.07, 6.45) is 0.788. The van der Waals surface area contributed by atoms with Crippen LogP contribution in [0.3, 0.4) is 0 Å². The maximum Gasteiger partial charge on any atom is 0.339 e. The van der Waals surface area contributed by atoms with Crippen LogP contribution in [-0.2, 0) is 9.53 Å². The van der Waals surface area contributed by atoms with Gasteiger partial charge in [0.05, 0.1) is 22.1 Å². The second-order valence-corrected chi connectivity index (χ2v) is 6.88. The predicted octanol–water partition coefficient (Wildman–Crippen LogP) is 3.25. The standard InChI is InChI=1S/C21H20N4O5/c1-14(20(26)23-17-6-4-5-15(11-17)13-22)30-21(27)16-7-8-18(19(12-16)25(28)29)24-9-2-3-10-24/h4-8,11-12,14H,2-3,9-10H2,1H3,(H,23,26)/t14-/m0/s1. The molecule has 0 radical (unpaired) electrons. The first kappa shape index (κ1) is 20.8. The summed E-state index contributed by atoms with van der Waals surface area (Å²) in [5.41, 5.74) is 1.07. The van der Waals surface area contributed by atoms with E-state index in [-0.39, 0.29) is 11.3 Å². The highest BCUT2D eigenvalue weighted by molar-refractivity contribution is 5.98. The van der Waals surface area contributed by atoms with Crippen molar-refractivity contribution in [1.29, 1.82) is 5.26 Å². The number of nitro groups is 1. The highest BCUT2D eigenvalue weighted by Gasteiger charge is 2.26. The Morgan fingerprint density at radius 1 is 1.23 bits per heavy atom. The number of nitriles is 1. The van der Waals surface area contributed by atoms with E-state index in [0.717, 1.165) is 25.9 Å². The molecule has 1 aliphatic heterocycles. The largest absolute Gasteiger partial charge is 0.449 e. The van der Waals surface area contributed by atoms with Crippen LogP contribution in [0.25, 0.3) is 0 Å². The summed E-state index contributed by atoms with van der Waals surface area (Å²) < 4.78 is 5.17. The molecule has 1 aliphatic rings. The monoisotopic (exact) mass is 408 g/mol. The quantitative estimate of drug-likeness (QED) is 0.442. The number of anilines is 2. The number of amides is 1. The Hall–Kier alpha value is -3.93. The molecular formula is C21H20N4O5. The summed E-state index contributed by atoms with van der Waals surface area (Å²) in [6.45, 7) is 2.86. The molecule has 0 bridgehead atoms. The molecule has 0 spiro atoms. The number of nitro benzene ring substituents is 1. The second kappa shape index (κ2) is 9.05. The van der Waals surface area contributed by atoms with Crippen molar-refractivity contribution in [2.45, 2.75) is 25.9 Å². The average molecular weight is 408 g/mol. The first-order valence-corrected chi connectivity index (χ1v) is 9.44. The number of benzene rings is 2. The summed E-state index contributed by atoms with van der Waals surface area (Å²) in [5, 5.41) is 23.0. The average Bonchev–Trinajstić information content (AvgIpc) is 3.28. The minimum Gasteiger partial charge on any atom is -0.449 e. The van der Waals surface area contributed by atoms with Crippen LogP contribution >= 0.6 is 0 Å². The van der Waals surface area contributed by atoms with Crippen LogP contribution in [0.2, 0.25) is 0 Å². The minimum absolute atomic E-state index is 0.00391. The topological polar surface area (TPSA) is 126 Å². The fraction of sp³-hybridized carbons (Fsp3) is 0.286. The number of esters is 1. The summed E-state index contributed by atoms with van der Waals surface area (Å²) in [7, 11) is 0. The van der Waals surface area contributed by atoms with Gasteiger partial charge in [-0.1, -0.05) is 6.07 Å². The van der Waals surface area contributed by atoms with Gasteiger partial charge in [-0.05, 0) is 50.1 Å². The number of carbonyl (C=O) groups excluding carboxylic acids is 2. The van der Waals surface area contributed by atoms with E-state index >= 15 is 0 Å². The Labute approximate surface area is 173 Å². The molecule has 1 N–H and O–H groups in total. The zero-order chi connectivity index (χ0) is 21.7. The third-order valence-corrected chi connectivity index (χ3v) is 4.77. The van der Waals surface area contributed by atoms with Crippen LogP contribution < -0.4 is 10.2 Å². The van der Waals surface area contributed by atoms with Gasteiger partial charge < -0.3 is 15.0 Å². The first-order chi connectivity index (χ1) is 14.4. The van der Waals surface area contributed by atoms with E-state index in [4.69, 9.17) is 10.00 Å². The normalized spacial score (nSPS) is 13.9. The van der Waals surface area contributed by atoms with Crippen LogP contribution in [0.4, 0.5) is 17.1 Å². The number of carbonyl (C=O) groups is 2. The van der Waals surface area contributed by atoms with Crippen LogP contribution in [0.5, 0.6) is 0 Å². The van der Waals surface area contributed by atoms with Crippen molar-refractivity contribution in [2.75, 3.05) is 23.3 Å². The van der Waals surface area contributed by atoms with Crippen molar-refractivity contribution < 1.29 is 19.2 Å². The zero-order valence-corrected chi connectivity index (χ0v) is 16.3. The number of hydrogen-bond donors (Lipinski definition) is 1. The van der Waals surface area contributed by atoms with Gasteiger partial charge in [-0.3, -0.25) is 14.9 Å². The number of ether oxygens (including phenoxy) is 1. The van der Waals surface area contributed by atoms with E-state index in [9.17, 15) is 19.7 Å². The second-order valence-electron chi connectivity index (χ2n) is 6.88. The molecule has 30 heavy (non-hydrogen) atoms. The SMILES string of the molecule is C[C@H](OC(=O)c1ccc(N2CCCC2)c([N+](=O)[O-])c1)C(=O)Nc1cccc(C#N)c1. The van der Waals surface area contributed by atoms with E-state index in [1.165, 1.54) is 31.2 Å². The molecule has 2 aromatic rings. The van der Waals surface area contributed by atoms with Crippen LogP contribution in [0.1, 0.15) is 35.7 Å². The van der Waals surface area contributed by atoms with Gasteiger partial charge in [-0.15, -0.1) is 0 Å². The molecule has 1 saturated heterocycles. The highest BCUT2D eigenvalue weighted by Crippen LogP contribution is 2.32. The summed E-state index contributed by atoms with van der Waals surface area (Å²) in [6, 6.07) is 12.5. The summed E-state index contributed by atoms with van der Waals surface area (Å²) in [5.74, 6) is -1.42. The van der Waals surface area contributed by atoms with Gasteiger partial charge in [0.25, 0.3) is 11.6 Å². The third kappa shape index (κ3) is 4.72. The number of rotatable bonds is 6. The molecule has 0 aromatic heterocycles. The molecule has 9 heteroatoms. The van der Waals surface area contributed by atoms with Gasteiger partial charge >= 0.3 is 5.97 Å². The van der Waals surface area contributed by atoms with Crippen molar-refractivity contribution in [1.82, 2.24) is 0 Å². The van der Waals surface area contributed by atoms with E-state index in [2.05, 4.69) is 5.32 Å². The molecule has 154 valence electrons. The lowest BCUT2D eigenvalue weighted by atomic mass is 10.1. The van der Waals surface area contributed by atoms with Crippen LogP contribution in [0, 0.1) is 21.4 Å². The first-order valence-electron chi connectivity index (χ1n) is 9.44. The lowest BCUT2D eigenvalue weighted by Crippen LogP contribution is -2.30. The molecule has 1 amide bonds. The maximum absolute atomic E-state index is 12.4. The Morgan fingerprint density at radius 3 is 2.63 bits per heavy atom. The van der Waals surface area contributed by atoms with Gasteiger partial charge in [-0.2, -0.15) is 5.26 Å². The maximum atomic E-state index is 12.4. The van der Waals surface area contributed by atoms with Crippen molar-refractivity contribution in [3.8, 4) is 6.07 Å². The van der Waals surface area contributed by atoms with Crippen LogP contribution in [0.15, 0.2) is 42.5 Å². The fourth-order valence-corrected chi connectivity index (χ4v) is 3.21. The molecule has 1 fully saturated rings. The van der Waals surface area contributed by atoms with Gasteiger partial charge in [0.1, 0.15) is 5.69 Å².